The SMILES string of the molecule is CC(=O)Nc1cccc(C(N)=NS(=O)(=O)C=Cc2ccccc2)c1. The van der Waals surface area contributed by atoms with Crippen LogP contribution in [0.25, 0.3) is 6.08 Å². The highest BCUT2D eigenvalue weighted by Crippen LogP contribution is 2.12. The minimum Gasteiger partial charge on any atom is -0.383 e. The van der Waals surface area contributed by atoms with Crippen molar-refractivity contribution < 1.29 is 13.2 Å². The number of anilines is 1. The van der Waals surface area contributed by atoms with Gasteiger partial charge in [0.1, 0.15) is 5.84 Å². The summed E-state index contributed by atoms with van der Waals surface area (Å²) in [4.78, 5) is 11.1. The van der Waals surface area contributed by atoms with E-state index in [1.807, 2.05) is 6.07 Å². The van der Waals surface area contributed by atoms with Crippen LogP contribution in [-0.4, -0.2) is 20.2 Å². The lowest BCUT2D eigenvalue weighted by Gasteiger charge is -2.05. The Balaban J connectivity index is 2.23. The van der Waals surface area contributed by atoms with Crippen LogP contribution in [0.2, 0.25) is 0 Å². The first-order valence-electron chi connectivity index (χ1n) is 7.07. The van der Waals surface area contributed by atoms with Gasteiger partial charge in [0.05, 0.1) is 5.41 Å². The summed E-state index contributed by atoms with van der Waals surface area (Å²) in [7, 11) is -3.87. The average molecular weight is 343 g/mol. The molecule has 0 radical (unpaired) electrons. The molecule has 0 aliphatic rings. The number of carbonyl (C=O) groups is 1. The molecule has 0 unspecified atom stereocenters. The number of carbonyl (C=O) groups excluding carboxylic acids is 1. The quantitative estimate of drug-likeness (QED) is 0.642. The summed E-state index contributed by atoms with van der Waals surface area (Å²) >= 11 is 0. The molecule has 0 heterocycles. The molecule has 0 saturated heterocycles. The fourth-order valence-electron chi connectivity index (χ4n) is 1.91. The summed E-state index contributed by atoms with van der Waals surface area (Å²) in [6.07, 6.45) is 1.44. The van der Waals surface area contributed by atoms with E-state index in [4.69, 9.17) is 5.73 Å². The standard InChI is InChI=1S/C17H17N3O3S/c1-13(21)19-16-9-5-8-15(12-16)17(18)20-24(22,23)11-10-14-6-3-2-4-7-14/h2-12H,1H3,(H2,18,20)(H,19,21). The lowest BCUT2D eigenvalue weighted by Crippen LogP contribution is -2.16. The van der Waals surface area contributed by atoms with Gasteiger partial charge in [-0.15, -0.1) is 4.40 Å². The Morgan fingerprint density at radius 1 is 1.12 bits per heavy atom. The normalized spacial score (nSPS) is 12.3. The molecule has 0 aromatic heterocycles. The zero-order valence-electron chi connectivity index (χ0n) is 13.0. The summed E-state index contributed by atoms with van der Waals surface area (Å²) in [6, 6.07) is 15.5. The van der Waals surface area contributed by atoms with E-state index in [1.165, 1.54) is 13.0 Å². The molecule has 124 valence electrons. The molecule has 0 spiro atoms. The largest absolute Gasteiger partial charge is 0.383 e. The summed E-state index contributed by atoms with van der Waals surface area (Å²) in [5.74, 6) is -0.388. The fourth-order valence-corrected chi connectivity index (χ4v) is 2.68. The van der Waals surface area contributed by atoms with E-state index in [1.54, 1.807) is 48.5 Å². The fraction of sp³-hybridized carbons (Fsp3) is 0.0588. The maximum absolute atomic E-state index is 12.0. The van der Waals surface area contributed by atoms with Crippen LogP contribution in [-0.2, 0) is 14.8 Å². The van der Waals surface area contributed by atoms with Crippen LogP contribution < -0.4 is 11.1 Å². The van der Waals surface area contributed by atoms with Gasteiger partial charge in [-0.05, 0) is 23.8 Å². The number of nitrogens with one attached hydrogen (secondary N) is 1. The first-order chi connectivity index (χ1) is 11.4. The van der Waals surface area contributed by atoms with Crippen molar-refractivity contribution in [2.45, 2.75) is 6.92 Å². The van der Waals surface area contributed by atoms with Gasteiger partial charge in [-0.25, -0.2) is 0 Å². The van der Waals surface area contributed by atoms with Crippen molar-refractivity contribution >= 4 is 33.5 Å². The maximum atomic E-state index is 12.0. The molecule has 3 N–H and O–H groups in total. The number of hydrogen-bond donors (Lipinski definition) is 2. The summed E-state index contributed by atoms with van der Waals surface area (Å²) < 4.78 is 27.6. The number of amides is 1. The van der Waals surface area contributed by atoms with E-state index in [9.17, 15) is 13.2 Å². The molecule has 0 saturated carbocycles. The van der Waals surface area contributed by atoms with Gasteiger partial charge in [-0.2, -0.15) is 8.42 Å². The third-order valence-electron chi connectivity index (χ3n) is 2.94. The summed E-state index contributed by atoms with van der Waals surface area (Å²) in [6.45, 7) is 1.38. The van der Waals surface area contributed by atoms with E-state index in [0.29, 0.717) is 11.3 Å². The Morgan fingerprint density at radius 3 is 2.50 bits per heavy atom. The molecule has 0 aliphatic heterocycles. The number of benzene rings is 2. The number of nitrogens with zero attached hydrogens (tertiary/aromatic N) is 1. The number of nitrogens with two attached hydrogens (primary N) is 1. The molecule has 6 nitrogen and oxygen atoms in total. The first-order valence-corrected chi connectivity index (χ1v) is 8.58. The lowest BCUT2D eigenvalue weighted by molar-refractivity contribution is -0.114. The monoisotopic (exact) mass is 343 g/mol. The van der Waals surface area contributed by atoms with E-state index in [2.05, 4.69) is 9.71 Å². The highest BCUT2D eigenvalue weighted by Gasteiger charge is 2.07. The zero-order valence-corrected chi connectivity index (χ0v) is 13.8. The summed E-state index contributed by atoms with van der Waals surface area (Å²) in [5, 5.41) is 3.59. The van der Waals surface area contributed by atoms with Crippen molar-refractivity contribution in [3.05, 3.63) is 71.1 Å². The van der Waals surface area contributed by atoms with Gasteiger partial charge >= 0.3 is 0 Å². The molecule has 0 bridgehead atoms. The summed E-state index contributed by atoms with van der Waals surface area (Å²) in [5.41, 5.74) is 7.42. The lowest BCUT2D eigenvalue weighted by atomic mass is 10.2. The molecular formula is C17H17N3O3S. The van der Waals surface area contributed by atoms with Gasteiger partial charge in [-0.1, -0.05) is 42.5 Å². The van der Waals surface area contributed by atoms with E-state index in [-0.39, 0.29) is 11.7 Å². The van der Waals surface area contributed by atoms with Gasteiger partial charge in [0.2, 0.25) is 5.91 Å². The predicted octanol–water partition coefficient (Wildman–Crippen LogP) is 2.35. The Morgan fingerprint density at radius 2 is 1.83 bits per heavy atom. The van der Waals surface area contributed by atoms with Crippen LogP contribution in [0.4, 0.5) is 5.69 Å². The third kappa shape index (κ3) is 5.36. The van der Waals surface area contributed by atoms with Crippen LogP contribution in [0.1, 0.15) is 18.1 Å². The molecule has 2 rings (SSSR count). The van der Waals surface area contributed by atoms with Gasteiger partial charge in [0.25, 0.3) is 10.0 Å². The minimum atomic E-state index is -3.87. The zero-order chi connectivity index (χ0) is 17.6. The third-order valence-corrected chi connectivity index (χ3v) is 3.87. The minimum absolute atomic E-state index is 0.153. The van der Waals surface area contributed by atoms with Crippen molar-refractivity contribution in [3.8, 4) is 0 Å². The molecule has 7 heteroatoms. The second-order valence-corrected chi connectivity index (χ2v) is 6.45. The van der Waals surface area contributed by atoms with E-state index >= 15 is 0 Å². The molecule has 0 atom stereocenters. The van der Waals surface area contributed by atoms with Crippen LogP contribution in [0.15, 0.2) is 64.4 Å². The van der Waals surface area contributed by atoms with Crippen molar-refractivity contribution in [1.29, 1.82) is 0 Å². The van der Waals surface area contributed by atoms with Gasteiger partial charge < -0.3 is 11.1 Å². The Labute approximate surface area is 140 Å². The molecule has 24 heavy (non-hydrogen) atoms. The van der Waals surface area contributed by atoms with Crippen LogP contribution >= 0.6 is 0 Å². The van der Waals surface area contributed by atoms with Gasteiger partial charge in [0.15, 0.2) is 0 Å². The van der Waals surface area contributed by atoms with Crippen molar-refractivity contribution in [1.82, 2.24) is 0 Å². The topological polar surface area (TPSA) is 102 Å². The highest BCUT2D eigenvalue weighted by atomic mass is 32.2. The predicted molar refractivity (Wildman–Crippen MR) is 95.9 cm³/mol. The van der Waals surface area contributed by atoms with Crippen molar-refractivity contribution in [2.24, 2.45) is 10.1 Å². The van der Waals surface area contributed by atoms with Crippen molar-refractivity contribution in [2.75, 3.05) is 5.32 Å². The molecule has 2 aromatic rings. The number of sulfonamides is 1. The second-order valence-electron chi connectivity index (χ2n) is 4.97. The average Bonchev–Trinajstić information content (AvgIpc) is 2.53. The van der Waals surface area contributed by atoms with Crippen LogP contribution in [0.3, 0.4) is 0 Å². The molecule has 0 aliphatic carbocycles. The molecular weight excluding hydrogens is 326 g/mol. The van der Waals surface area contributed by atoms with Gasteiger partial charge in [0, 0.05) is 18.2 Å². The van der Waals surface area contributed by atoms with E-state index < -0.39 is 10.0 Å². The first kappa shape index (κ1) is 17.4. The Bertz CT molecular complexity index is 888. The van der Waals surface area contributed by atoms with Crippen LogP contribution in [0, 0.1) is 0 Å². The molecule has 1 amide bonds. The highest BCUT2D eigenvalue weighted by molar-refractivity contribution is 7.93. The second kappa shape index (κ2) is 7.56. The maximum Gasteiger partial charge on any atom is 0.277 e. The van der Waals surface area contributed by atoms with Crippen molar-refractivity contribution in [3.63, 3.8) is 0 Å². The molecule has 2 aromatic carbocycles. The Kier molecular flexibility index (Phi) is 5.49. The van der Waals surface area contributed by atoms with Crippen LogP contribution in [0.5, 0.6) is 0 Å². The number of rotatable bonds is 5. The van der Waals surface area contributed by atoms with Gasteiger partial charge in [-0.3, -0.25) is 4.79 Å². The molecule has 0 fully saturated rings. The Hall–Kier alpha value is -2.93. The van der Waals surface area contributed by atoms with E-state index in [0.717, 1.165) is 11.0 Å². The number of amidine groups is 1. The smallest absolute Gasteiger partial charge is 0.277 e. The number of hydrogen-bond acceptors (Lipinski definition) is 3.